The molecule has 0 aliphatic rings. The van der Waals surface area contributed by atoms with Gasteiger partial charge in [-0.3, -0.25) is 0 Å². The Balaban J connectivity index is 2.95. The summed E-state index contributed by atoms with van der Waals surface area (Å²) in [4.78, 5) is 10.8. The third kappa shape index (κ3) is 3.14. The van der Waals surface area contributed by atoms with Gasteiger partial charge in [-0.1, -0.05) is 0 Å². The van der Waals surface area contributed by atoms with Crippen molar-refractivity contribution in [1.29, 1.82) is 0 Å². The minimum absolute atomic E-state index is 0.126. The van der Waals surface area contributed by atoms with Gasteiger partial charge >= 0.3 is 5.97 Å². The number of ether oxygens (including phenoxy) is 2. The van der Waals surface area contributed by atoms with Gasteiger partial charge in [0.1, 0.15) is 18.1 Å². The third-order valence-electron chi connectivity index (χ3n) is 1.75. The fraction of sp³-hybridized carbons (Fsp3) is 0.300. The summed E-state index contributed by atoms with van der Waals surface area (Å²) >= 11 is 0. The number of carboxylic acids is 1. The van der Waals surface area contributed by atoms with E-state index in [9.17, 15) is 4.79 Å². The average Bonchev–Trinajstić information content (AvgIpc) is 2.25. The number of hydrogen-bond acceptors (Lipinski definition) is 4. The van der Waals surface area contributed by atoms with Crippen LogP contribution < -0.4 is 15.2 Å². The van der Waals surface area contributed by atoms with Crippen LogP contribution in [0.2, 0.25) is 0 Å². The fourth-order valence-electron chi connectivity index (χ4n) is 1.07. The molecule has 0 saturated carbocycles. The van der Waals surface area contributed by atoms with Gasteiger partial charge < -0.3 is 20.3 Å². The van der Waals surface area contributed by atoms with Crippen molar-refractivity contribution in [3.8, 4) is 11.5 Å². The van der Waals surface area contributed by atoms with Gasteiger partial charge in [0.15, 0.2) is 0 Å². The Kier molecular flexibility index (Phi) is 3.93. The minimum Gasteiger partial charge on any atom is -0.497 e. The summed E-state index contributed by atoms with van der Waals surface area (Å²) in [6.07, 6.45) is 0. The summed E-state index contributed by atoms with van der Waals surface area (Å²) in [5.41, 5.74) is 5.40. The molecule has 0 unspecified atom stereocenters. The van der Waals surface area contributed by atoms with Crippen LogP contribution >= 0.6 is 0 Å². The molecule has 15 heavy (non-hydrogen) atoms. The first-order valence-corrected chi connectivity index (χ1v) is 4.42. The molecule has 3 N–H and O–H groups in total. The van der Waals surface area contributed by atoms with Gasteiger partial charge in [-0.15, -0.1) is 0 Å². The molecule has 0 saturated heterocycles. The van der Waals surface area contributed by atoms with Crippen LogP contribution in [0.4, 0.5) is 0 Å². The zero-order valence-electron chi connectivity index (χ0n) is 8.40. The van der Waals surface area contributed by atoms with E-state index >= 15 is 0 Å². The smallest absolute Gasteiger partial charge is 0.335 e. The molecule has 0 heterocycles. The van der Waals surface area contributed by atoms with E-state index < -0.39 is 5.97 Å². The van der Waals surface area contributed by atoms with Crippen LogP contribution in [0.3, 0.4) is 0 Å². The molecule has 0 fully saturated rings. The second-order valence-electron chi connectivity index (χ2n) is 2.84. The molecule has 0 atom stereocenters. The second-order valence-corrected chi connectivity index (χ2v) is 2.84. The molecule has 0 amide bonds. The second kappa shape index (κ2) is 5.21. The maximum absolute atomic E-state index is 10.8. The molecule has 0 bridgehead atoms. The lowest BCUT2D eigenvalue weighted by molar-refractivity contribution is 0.0696. The van der Waals surface area contributed by atoms with Crippen LogP contribution in [0.1, 0.15) is 10.4 Å². The highest BCUT2D eigenvalue weighted by Crippen LogP contribution is 2.22. The van der Waals surface area contributed by atoms with Gasteiger partial charge in [0, 0.05) is 12.6 Å². The van der Waals surface area contributed by atoms with Crippen LogP contribution in [0.15, 0.2) is 18.2 Å². The van der Waals surface area contributed by atoms with Gasteiger partial charge in [0.2, 0.25) is 0 Å². The molecule has 1 aromatic rings. The zero-order chi connectivity index (χ0) is 11.3. The Bertz CT molecular complexity index is 351. The molecule has 1 aromatic carbocycles. The van der Waals surface area contributed by atoms with Crippen molar-refractivity contribution in [2.75, 3.05) is 20.3 Å². The summed E-state index contributed by atoms with van der Waals surface area (Å²) in [5.74, 6) is -0.134. The van der Waals surface area contributed by atoms with Crippen molar-refractivity contribution in [2.45, 2.75) is 0 Å². The van der Waals surface area contributed by atoms with Gasteiger partial charge in [-0.25, -0.2) is 4.79 Å². The number of methoxy groups -OCH3 is 1. The van der Waals surface area contributed by atoms with E-state index in [0.29, 0.717) is 24.7 Å². The number of rotatable bonds is 5. The summed E-state index contributed by atoms with van der Waals surface area (Å²) in [5, 5.41) is 8.82. The maximum atomic E-state index is 10.8. The van der Waals surface area contributed by atoms with Gasteiger partial charge in [-0.2, -0.15) is 0 Å². The number of hydrogen-bond donors (Lipinski definition) is 2. The van der Waals surface area contributed by atoms with E-state index in [0.717, 1.165) is 0 Å². The van der Waals surface area contributed by atoms with Crippen LogP contribution in [0, 0.1) is 0 Å². The van der Waals surface area contributed by atoms with Gasteiger partial charge in [0.25, 0.3) is 0 Å². The largest absolute Gasteiger partial charge is 0.497 e. The van der Waals surface area contributed by atoms with E-state index in [-0.39, 0.29) is 5.56 Å². The molecule has 0 aromatic heterocycles. The van der Waals surface area contributed by atoms with Crippen molar-refractivity contribution >= 4 is 5.97 Å². The molecule has 1 rings (SSSR count). The SMILES string of the molecule is COc1cc(OCCN)cc(C(=O)O)c1. The van der Waals surface area contributed by atoms with E-state index in [2.05, 4.69) is 0 Å². The van der Waals surface area contributed by atoms with Gasteiger partial charge in [0.05, 0.1) is 12.7 Å². The van der Waals surface area contributed by atoms with Crippen molar-refractivity contribution in [3.63, 3.8) is 0 Å². The molecular formula is C10H13NO4. The number of nitrogens with two attached hydrogens (primary N) is 1. The number of aromatic carboxylic acids is 1. The molecular weight excluding hydrogens is 198 g/mol. The van der Waals surface area contributed by atoms with E-state index in [1.807, 2.05) is 0 Å². The van der Waals surface area contributed by atoms with E-state index in [1.54, 1.807) is 6.07 Å². The Morgan fingerprint density at radius 3 is 2.60 bits per heavy atom. The summed E-state index contributed by atoms with van der Waals surface area (Å²) in [6, 6.07) is 4.47. The van der Waals surface area contributed by atoms with Crippen molar-refractivity contribution in [2.24, 2.45) is 5.73 Å². The van der Waals surface area contributed by atoms with E-state index in [4.69, 9.17) is 20.3 Å². The molecule has 5 nitrogen and oxygen atoms in total. The quantitative estimate of drug-likeness (QED) is 0.750. The van der Waals surface area contributed by atoms with Crippen molar-refractivity contribution in [1.82, 2.24) is 0 Å². The van der Waals surface area contributed by atoms with Crippen molar-refractivity contribution in [3.05, 3.63) is 23.8 Å². The zero-order valence-corrected chi connectivity index (χ0v) is 8.40. The lowest BCUT2D eigenvalue weighted by Gasteiger charge is -2.08. The highest BCUT2D eigenvalue weighted by molar-refractivity contribution is 5.88. The lowest BCUT2D eigenvalue weighted by atomic mass is 10.2. The fourth-order valence-corrected chi connectivity index (χ4v) is 1.07. The molecule has 82 valence electrons. The number of carboxylic acid groups (broad SMARTS) is 1. The first kappa shape index (κ1) is 11.3. The highest BCUT2D eigenvalue weighted by Gasteiger charge is 2.07. The standard InChI is InChI=1S/C10H13NO4/c1-14-8-4-7(10(12)13)5-9(6-8)15-3-2-11/h4-6H,2-3,11H2,1H3,(H,12,13). The first-order chi connectivity index (χ1) is 7.17. The highest BCUT2D eigenvalue weighted by atomic mass is 16.5. The number of benzene rings is 1. The normalized spacial score (nSPS) is 9.73. The van der Waals surface area contributed by atoms with Crippen LogP contribution in [0.25, 0.3) is 0 Å². The maximum Gasteiger partial charge on any atom is 0.335 e. The number of carbonyl (C=O) groups is 1. The monoisotopic (exact) mass is 211 g/mol. The minimum atomic E-state index is -1.02. The Morgan fingerprint density at radius 2 is 2.07 bits per heavy atom. The van der Waals surface area contributed by atoms with Crippen LogP contribution in [-0.4, -0.2) is 31.3 Å². The predicted octanol–water partition coefficient (Wildman–Crippen LogP) is 0.731. The van der Waals surface area contributed by atoms with Crippen LogP contribution in [-0.2, 0) is 0 Å². The van der Waals surface area contributed by atoms with Gasteiger partial charge in [-0.05, 0) is 12.1 Å². The Hall–Kier alpha value is -1.75. The molecule has 5 heteroatoms. The summed E-state index contributed by atoms with van der Waals surface area (Å²) in [6.45, 7) is 0.714. The Labute approximate surface area is 87.4 Å². The lowest BCUT2D eigenvalue weighted by Crippen LogP contribution is -2.11. The molecule has 0 aliphatic heterocycles. The third-order valence-corrected chi connectivity index (χ3v) is 1.75. The predicted molar refractivity (Wildman–Crippen MR) is 54.5 cm³/mol. The molecule has 0 spiro atoms. The summed E-state index contributed by atoms with van der Waals surface area (Å²) in [7, 11) is 1.47. The average molecular weight is 211 g/mol. The molecule has 0 radical (unpaired) electrons. The molecule has 0 aliphatic carbocycles. The summed E-state index contributed by atoms with van der Waals surface area (Å²) < 4.78 is 10.2. The van der Waals surface area contributed by atoms with Crippen molar-refractivity contribution < 1.29 is 19.4 Å². The first-order valence-electron chi connectivity index (χ1n) is 4.42. The van der Waals surface area contributed by atoms with E-state index in [1.165, 1.54) is 19.2 Å². The Morgan fingerprint density at radius 1 is 1.40 bits per heavy atom. The topological polar surface area (TPSA) is 81.8 Å². The van der Waals surface area contributed by atoms with Crippen LogP contribution in [0.5, 0.6) is 11.5 Å².